The molecule has 0 bridgehead atoms. The van der Waals surface area contributed by atoms with Gasteiger partial charge in [-0.3, -0.25) is 4.79 Å². The van der Waals surface area contributed by atoms with Crippen LogP contribution < -0.4 is 10.2 Å². The van der Waals surface area contributed by atoms with E-state index in [4.69, 9.17) is 13.9 Å². The van der Waals surface area contributed by atoms with Gasteiger partial charge in [0.05, 0.1) is 6.61 Å². The summed E-state index contributed by atoms with van der Waals surface area (Å²) in [4.78, 5) is 12.6. The number of aromatic hydroxyl groups is 4. The average Bonchev–Trinajstić information content (AvgIpc) is 2.78. The molecule has 5 atom stereocenters. The minimum atomic E-state index is -1.79. The summed E-state index contributed by atoms with van der Waals surface area (Å²) in [7, 11) is 0. The van der Waals surface area contributed by atoms with Gasteiger partial charge < -0.3 is 54.7 Å². The van der Waals surface area contributed by atoms with Crippen LogP contribution in [-0.4, -0.2) is 78.2 Å². The van der Waals surface area contributed by atoms with E-state index >= 15 is 0 Å². The highest BCUT2D eigenvalue weighted by Crippen LogP contribution is 2.43. The van der Waals surface area contributed by atoms with E-state index in [0.29, 0.717) is 0 Å². The van der Waals surface area contributed by atoms with Crippen LogP contribution in [0, 0.1) is 0 Å². The Bertz CT molecular complexity index is 1250. The zero-order valence-electron chi connectivity index (χ0n) is 16.7. The third-order valence-electron chi connectivity index (χ3n) is 5.28. The summed E-state index contributed by atoms with van der Waals surface area (Å²) < 4.78 is 16.2. The van der Waals surface area contributed by atoms with Gasteiger partial charge in [-0.25, -0.2) is 0 Å². The quantitative estimate of drug-likeness (QED) is 0.229. The molecule has 8 N–H and O–H groups in total. The van der Waals surface area contributed by atoms with Crippen LogP contribution in [0.2, 0.25) is 0 Å². The molecule has 1 aromatic heterocycles. The minimum Gasteiger partial charge on any atom is -0.504 e. The number of benzene rings is 2. The summed E-state index contributed by atoms with van der Waals surface area (Å²) in [5, 5.41) is 78.6. The van der Waals surface area contributed by atoms with Crippen molar-refractivity contribution < 1.29 is 54.7 Å². The van der Waals surface area contributed by atoms with Crippen LogP contribution in [0.3, 0.4) is 0 Å². The lowest BCUT2D eigenvalue weighted by atomic mass is 9.99. The lowest BCUT2D eigenvalue weighted by molar-refractivity contribution is -0.277. The molecule has 12 heteroatoms. The molecule has 4 rings (SSSR count). The molecule has 0 spiro atoms. The molecule has 176 valence electrons. The number of rotatable bonds is 4. The zero-order chi connectivity index (χ0) is 24.0. The van der Waals surface area contributed by atoms with Crippen LogP contribution in [0.15, 0.2) is 39.5 Å². The van der Waals surface area contributed by atoms with Gasteiger partial charge in [-0.05, 0) is 18.2 Å². The molecule has 0 saturated carbocycles. The van der Waals surface area contributed by atoms with Crippen molar-refractivity contribution in [1.29, 1.82) is 0 Å². The van der Waals surface area contributed by atoms with Crippen molar-refractivity contribution in [2.75, 3.05) is 6.61 Å². The van der Waals surface area contributed by atoms with Crippen LogP contribution in [0.4, 0.5) is 0 Å². The van der Waals surface area contributed by atoms with Crippen molar-refractivity contribution in [2.45, 2.75) is 30.7 Å². The van der Waals surface area contributed by atoms with Crippen molar-refractivity contribution >= 4 is 11.0 Å². The van der Waals surface area contributed by atoms with Crippen molar-refractivity contribution in [2.24, 2.45) is 0 Å². The number of phenolic OH excluding ortho intramolecular Hbond substituents is 4. The van der Waals surface area contributed by atoms with Gasteiger partial charge in [-0.2, -0.15) is 0 Å². The third kappa shape index (κ3) is 3.90. The first kappa shape index (κ1) is 22.6. The van der Waals surface area contributed by atoms with E-state index in [-0.39, 0.29) is 28.0 Å². The molecule has 0 radical (unpaired) electrons. The second-order valence-electron chi connectivity index (χ2n) is 7.44. The Labute approximate surface area is 184 Å². The van der Waals surface area contributed by atoms with Gasteiger partial charge in [0.25, 0.3) is 0 Å². The lowest BCUT2D eigenvalue weighted by Gasteiger charge is -2.39. The molecule has 0 amide bonds. The Hall–Kier alpha value is -3.55. The SMILES string of the molecule is O=c1cc(-c2ccc(O)c(O)c2)oc2cc(OC3O[C@H](CO)[C@@H](O)[C@H](O)[C@H]3O)c(O)c(O)c12. The fourth-order valence-electron chi connectivity index (χ4n) is 3.47. The predicted octanol–water partition coefficient (Wildman–Crippen LogP) is -0.539. The summed E-state index contributed by atoms with van der Waals surface area (Å²) in [6, 6.07) is 5.72. The molecule has 1 aliphatic heterocycles. The number of fused-ring (bicyclic) bond motifs is 1. The van der Waals surface area contributed by atoms with E-state index in [9.17, 15) is 45.6 Å². The topological polar surface area (TPSA) is 211 Å². The maximum Gasteiger partial charge on any atom is 0.229 e. The molecular formula is C21H20O12. The van der Waals surface area contributed by atoms with Gasteiger partial charge in [0.1, 0.15) is 41.1 Å². The first-order chi connectivity index (χ1) is 15.6. The molecule has 2 heterocycles. The number of hydrogen-bond donors (Lipinski definition) is 8. The Balaban J connectivity index is 1.77. The Morgan fingerprint density at radius 3 is 2.27 bits per heavy atom. The van der Waals surface area contributed by atoms with E-state index in [1.807, 2.05) is 0 Å². The third-order valence-corrected chi connectivity index (χ3v) is 5.28. The molecule has 1 unspecified atom stereocenters. The molecular weight excluding hydrogens is 444 g/mol. The van der Waals surface area contributed by atoms with Gasteiger partial charge >= 0.3 is 0 Å². The largest absolute Gasteiger partial charge is 0.504 e. The minimum absolute atomic E-state index is 0.0494. The smallest absolute Gasteiger partial charge is 0.229 e. The summed E-state index contributed by atoms with van der Waals surface area (Å²) >= 11 is 0. The number of aliphatic hydroxyl groups excluding tert-OH is 4. The fourth-order valence-corrected chi connectivity index (χ4v) is 3.47. The Kier molecular flexibility index (Phi) is 5.78. The first-order valence-electron chi connectivity index (χ1n) is 9.64. The average molecular weight is 464 g/mol. The highest BCUT2D eigenvalue weighted by molar-refractivity contribution is 5.89. The summed E-state index contributed by atoms with van der Waals surface area (Å²) in [6.07, 6.45) is -8.13. The van der Waals surface area contributed by atoms with Gasteiger partial charge in [0, 0.05) is 17.7 Å². The molecule has 12 nitrogen and oxygen atoms in total. The standard InChI is InChI=1S/C21H20O12/c22-6-14-17(27)19(29)20(30)21(33-14)32-13-5-12-15(18(28)16(13)26)10(25)4-11(31-12)7-1-2-8(23)9(24)3-7/h1-5,14,17,19-24,26-30H,6H2/t14-,17-,19+,20-,21?/m1/s1. The van der Waals surface area contributed by atoms with E-state index in [1.165, 1.54) is 12.1 Å². The molecule has 33 heavy (non-hydrogen) atoms. The molecule has 1 fully saturated rings. The van der Waals surface area contributed by atoms with Crippen LogP contribution in [0.25, 0.3) is 22.3 Å². The summed E-state index contributed by atoms with van der Waals surface area (Å²) in [6.45, 7) is -0.711. The molecule has 3 aromatic rings. The van der Waals surface area contributed by atoms with Crippen LogP contribution in [0.5, 0.6) is 28.7 Å². The molecule has 1 saturated heterocycles. The zero-order valence-corrected chi connectivity index (χ0v) is 16.7. The number of phenols is 4. The number of aliphatic hydroxyl groups is 4. The van der Waals surface area contributed by atoms with Crippen molar-refractivity contribution in [3.63, 3.8) is 0 Å². The van der Waals surface area contributed by atoms with Gasteiger partial charge in [-0.15, -0.1) is 0 Å². The lowest BCUT2D eigenvalue weighted by Crippen LogP contribution is -2.60. The van der Waals surface area contributed by atoms with Crippen LogP contribution in [-0.2, 0) is 4.74 Å². The highest BCUT2D eigenvalue weighted by atomic mass is 16.7. The fraction of sp³-hybridized carbons (Fsp3) is 0.286. The first-order valence-corrected chi connectivity index (χ1v) is 9.64. The van der Waals surface area contributed by atoms with Crippen LogP contribution >= 0.6 is 0 Å². The van der Waals surface area contributed by atoms with Crippen molar-refractivity contribution in [3.8, 4) is 40.1 Å². The highest BCUT2D eigenvalue weighted by Gasteiger charge is 2.45. The Morgan fingerprint density at radius 1 is 0.879 bits per heavy atom. The van der Waals surface area contributed by atoms with Gasteiger partial charge in [0.15, 0.2) is 28.4 Å². The van der Waals surface area contributed by atoms with E-state index in [0.717, 1.165) is 18.2 Å². The summed E-state index contributed by atoms with van der Waals surface area (Å²) in [5.74, 6) is -3.18. The van der Waals surface area contributed by atoms with Gasteiger partial charge in [-0.1, -0.05) is 0 Å². The molecule has 2 aromatic carbocycles. The second kappa shape index (κ2) is 8.42. The van der Waals surface area contributed by atoms with E-state index in [1.54, 1.807) is 0 Å². The second-order valence-corrected chi connectivity index (χ2v) is 7.44. The molecule has 1 aliphatic rings. The number of ether oxygens (including phenoxy) is 2. The monoisotopic (exact) mass is 464 g/mol. The van der Waals surface area contributed by atoms with Crippen molar-refractivity contribution in [1.82, 2.24) is 0 Å². The molecule has 0 aliphatic carbocycles. The maximum atomic E-state index is 12.6. The normalized spacial score (nSPS) is 25.3. The van der Waals surface area contributed by atoms with Crippen molar-refractivity contribution in [3.05, 3.63) is 40.6 Å². The van der Waals surface area contributed by atoms with Gasteiger partial charge in [0.2, 0.25) is 12.0 Å². The van der Waals surface area contributed by atoms with E-state index in [2.05, 4.69) is 0 Å². The number of hydrogen-bond acceptors (Lipinski definition) is 12. The predicted molar refractivity (Wildman–Crippen MR) is 109 cm³/mol. The van der Waals surface area contributed by atoms with E-state index < -0.39 is 65.7 Å². The summed E-state index contributed by atoms with van der Waals surface area (Å²) in [5.41, 5.74) is -0.778. The maximum absolute atomic E-state index is 12.6. The van der Waals surface area contributed by atoms with Crippen LogP contribution in [0.1, 0.15) is 0 Å². The Morgan fingerprint density at radius 2 is 1.61 bits per heavy atom.